The van der Waals surface area contributed by atoms with Gasteiger partial charge in [-0.3, -0.25) is 0 Å². The first kappa shape index (κ1) is 14.5. The quantitative estimate of drug-likeness (QED) is 0.887. The summed E-state index contributed by atoms with van der Waals surface area (Å²) in [5, 5.41) is 4.13. The van der Waals surface area contributed by atoms with E-state index in [-0.39, 0.29) is 0 Å². The topological polar surface area (TPSA) is 64.9 Å². The summed E-state index contributed by atoms with van der Waals surface area (Å²) in [6.07, 6.45) is 4.83. The average molecular weight is 265 g/mol. The normalized spacial score (nSPS) is 25.6. The Labute approximate surface area is 116 Å². The van der Waals surface area contributed by atoms with Crippen molar-refractivity contribution in [1.82, 2.24) is 10.1 Å². The van der Waals surface area contributed by atoms with Crippen molar-refractivity contribution in [2.45, 2.75) is 71.8 Å². The van der Waals surface area contributed by atoms with E-state index in [1.807, 2.05) is 13.8 Å². The van der Waals surface area contributed by atoms with Gasteiger partial charge in [0.05, 0.1) is 5.54 Å². The van der Waals surface area contributed by atoms with Gasteiger partial charge in [-0.1, -0.05) is 25.9 Å². The van der Waals surface area contributed by atoms with Crippen LogP contribution in [0.3, 0.4) is 0 Å². The molecule has 0 amide bonds. The van der Waals surface area contributed by atoms with Crippen LogP contribution in [0.25, 0.3) is 0 Å². The molecule has 1 fully saturated rings. The van der Waals surface area contributed by atoms with Gasteiger partial charge in [-0.2, -0.15) is 4.98 Å². The van der Waals surface area contributed by atoms with Crippen LogP contribution in [-0.2, 0) is 5.54 Å². The van der Waals surface area contributed by atoms with Crippen LogP contribution in [0.4, 0.5) is 0 Å². The predicted molar refractivity (Wildman–Crippen MR) is 75.7 cm³/mol. The maximum Gasteiger partial charge on any atom is 0.246 e. The maximum absolute atomic E-state index is 5.98. The first-order valence-electron chi connectivity index (χ1n) is 7.31. The molecule has 108 valence electrons. The highest BCUT2D eigenvalue weighted by molar-refractivity contribution is 5.03. The molecule has 19 heavy (non-hydrogen) atoms. The van der Waals surface area contributed by atoms with Gasteiger partial charge in [0.2, 0.25) is 5.89 Å². The molecule has 4 nitrogen and oxygen atoms in total. The molecule has 0 aliphatic heterocycles. The molecule has 0 unspecified atom stereocenters. The van der Waals surface area contributed by atoms with E-state index < -0.39 is 5.54 Å². The molecule has 2 N–H and O–H groups in total. The Hall–Kier alpha value is -0.900. The summed E-state index contributed by atoms with van der Waals surface area (Å²) in [6.45, 7) is 10.8. The smallest absolute Gasteiger partial charge is 0.246 e. The second kappa shape index (κ2) is 4.89. The van der Waals surface area contributed by atoms with E-state index in [0.717, 1.165) is 24.6 Å². The lowest BCUT2D eigenvalue weighted by molar-refractivity contribution is 0.166. The molecule has 4 heteroatoms. The van der Waals surface area contributed by atoms with Crippen molar-refractivity contribution in [3.8, 4) is 0 Å². The van der Waals surface area contributed by atoms with E-state index in [9.17, 15) is 0 Å². The highest BCUT2D eigenvalue weighted by Gasteiger charge is 2.33. The molecule has 1 aliphatic rings. The number of rotatable bonds is 2. The van der Waals surface area contributed by atoms with Crippen LogP contribution in [0, 0.1) is 11.3 Å². The SMILES string of the molecule is CC(C)(N)c1nc(C2CCC(C(C)(C)C)CC2)no1. The molecular formula is C15H27N3O. The largest absolute Gasteiger partial charge is 0.337 e. The second-order valence-electron chi connectivity index (χ2n) is 7.59. The fourth-order valence-corrected chi connectivity index (χ4v) is 2.88. The molecule has 1 aromatic rings. The third-order valence-corrected chi connectivity index (χ3v) is 4.31. The van der Waals surface area contributed by atoms with Gasteiger partial charge >= 0.3 is 0 Å². The van der Waals surface area contributed by atoms with Gasteiger partial charge in [0.25, 0.3) is 0 Å². The summed E-state index contributed by atoms with van der Waals surface area (Å²) in [5.74, 6) is 2.64. The maximum atomic E-state index is 5.98. The Morgan fingerprint density at radius 3 is 2.05 bits per heavy atom. The zero-order valence-electron chi connectivity index (χ0n) is 12.9. The summed E-state index contributed by atoms with van der Waals surface area (Å²) in [6, 6.07) is 0. The zero-order chi connectivity index (χ0) is 14.3. The van der Waals surface area contributed by atoms with E-state index in [0.29, 0.717) is 17.2 Å². The molecule has 0 saturated heterocycles. The van der Waals surface area contributed by atoms with Crippen LogP contribution in [0.1, 0.15) is 77.9 Å². The molecule has 0 spiro atoms. The van der Waals surface area contributed by atoms with Crippen molar-refractivity contribution >= 4 is 0 Å². The van der Waals surface area contributed by atoms with Gasteiger partial charge < -0.3 is 10.3 Å². The minimum absolute atomic E-state index is 0.409. The Kier molecular flexibility index (Phi) is 3.74. The first-order chi connectivity index (χ1) is 8.68. The van der Waals surface area contributed by atoms with Crippen LogP contribution >= 0.6 is 0 Å². The summed E-state index contributed by atoms with van der Waals surface area (Å²) in [4.78, 5) is 4.49. The summed E-state index contributed by atoms with van der Waals surface area (Å²) in [7, 11) is 0. The number of hydrogen-bond donors (Lipinski definition) is 1. The van der Waals surface area contributed by atoms with Crippen LogP contribution in [0.2, 0.25) is 0 Å². The second-order valence-corrected chi connectivity index (χ2v) is 7.59. The molecule has 0 atom stereocenters. The number of nitrogens with two attached hydrogens (primary N) is 1. The minimum atomic E-state index is -0.548. The summed E-state index contributed by atoms with van der Waals surface area (Å²) >= 11 is 0. The molecule has 0 bridgehead atoms. The summed E-state index contributed by atoms with van der Waals surface area (Å²) in [5.41, 5.74) is 5.84. The Bertz CT molecular complexity index is 417. The van der Waals surface area contributed by atoms with Crippen molar-refractivity contribution < 1.29 is 4.52 Å². The van der Waals surface area contributed by atoms with Gasteiger partial charge in [-0.05, 0) is 50.9 Å². The third-order valence-electron chi connectivity index (χ3n) is 4.31. The van der Waals surface area contributed by atoms with Gasteiger partial charge in [-0.15, -0.1) is 0 Å². The van der Waals surface area contributed by atoms with Crippen LogP contribution in [0.5, 0.6) is 0 Å². The van der Waals surface area contributed by atoms with Gasteiger partial charge in [0.15, 0.2) is 5.82 Å². The number of hydrogen-bond acceptors (Lipinski definition) is 4. The van der Waals surface area contributed by atoms with Crippen molar-refractivity contribution in [3.05, 3.63) is 11.7 Å². The van der Waals surface area contributed by atoms with Crippen LogP contribution in [0.15, 0.2) is 4.52 Å². The Morgan fingerprint density at radius 2 is 1.63 bits per heavy atom. The lowest BCUT2D eigenvalue weighted by Crippen LogP contribution is -2.29. The molecule has 2 rings (SSSR count). The fourth-order valence-electron chi connectivity index (χ4n) is 2.88. The van der Waals surface area contributed by atoms with E-state index in [2.05, 4.69) is 30.9 Å². The third kappa shape index (κ3) is 3.35. The minimum Gasteiger partial charge on any atom is -0.337 e. The Balaban J connectivity index is 2.00. The monoisotopic (exact) mass is 265 g/mol. The lowest BCUT2D eigenvalue weighted by atomic mass is 9.70. The van der Waals surface area contributed by atoms with Gasteiger partial charge in [0.1, 0.15) is 0 Å². The Morgan fingerprint density at radius 1 is 1.05 bits per heavy atom. The van der Waals surface area contributed by atoms with Crippen LogP contribution < -0.4 is 5.73 Å². The van der Waals surface area contributed by atoms with E-state index in [1.54, 1.807) is 0 Å². The van der Waals surface area contributed by atoms with Crippen molar-refractivity contribution in [2.75, 3.05) is 0 Å². The molecule has 0 aromatic carbocycles. The average Bonchev–Trinajstić information content (AvgIpc) is 2.77. The van der Waals surface area contributed by atoms with Gasteiger partial charge in [-0.25, -0.2) is 0 Å². The summed E-state index contributed by atoms with van der Waals surface area (Å²) < 4.78 is 5.29. The fraction of sp³-hybridized carbons (Fsp3) is 0.867. The highest BCUT2D eigenvalue weighted by atomic mass is 16.5. The van der Waals surface area contributed by atoms with E-state index in [4.69, 9.17) is 10.3 Å². The molecule has 1 aliphatic carbocycles. The molecule has 0 radical (unpaired) electrons. The molecule has 1 aromatic heterocycles. The van der Waals surface area contributed by atoms with Crippen molar-refractivity contribution in [3.63, 3.8) is 0 Å². The highest BCUT2D eigenvalue weighted by Crippen LogP contribution is 2.42. The van der Waals surface area contributed by atoms with Crippen molar-refractivity contribution in [1.29, 1.82) is 0 Å². The van der Waals surface area contributed by atoms with Crippen molar-refractivity contribution in [2.24, 2.45) is 17.1 Å². The predicted octanol–water partition coefficient (Wildman–Crippen LogP) is 3.58. The standard InChI is InChI=1S/C15H27N3O/c1-14(2,3)11-8-6-10(7-9-11)12-17-13(19-18-12)15(4,5)16/h10-11H,6-9,16H2,1-5H3. The van der Waals surface area contributed by atoms with Crippen LogP contribution in [-0.4, -0.2) is 10.1 Å². The zero-order valence-corrected chi connectivity index (χ0v) is 12.9. The molecular weight excluding hydrogens is 238 g/mol. The van der Waals surface area contributed by atoms with E-state index >= 15 is 0 Å². The van der Waals surface area contributed by atoms with E-state index in [1.165, 1.54) is 12.8 Å². The molecule has 1 heterocycles. The van der Waals surface area contributed by atoms with Gasteiger partial charge in [0, 0.05) is 5.92 Å². The number of aromatic nitrogens is 2. The number of nitrogens with zero attached hydrogens (tertiary/aromatic N) is 2. The lowest BCUT2D eigenvalue weighted by Gasteiger charge is -2.36. The first-order valence-corrected chi connectivity index (χ1v) is 7.31. The molecule has 1 saturated carbocycles.